The fourth-order valence-electron chi connectivity index (χ4n) is 1.74. The SMILES string of the molecule is CN(C)CCCN(C)C(=O)C1(C(=O)O)CC1. The largest absolute Gasteiger partial charge is 0.480 e. The highest BCUT2D eigenvalue weighted by Crippen LogP contribution is 2.47. The predicted octanol–water partition coefficient (Wildman–Crippen LogP) is 0.261. The molecule has 92 valence electrons. The summed E-state index contributed by atoms with van der Waals surface area (Å²) < 4.78 is 0. The lowest BCUT2D eigenvalue weighted by atomic mass is 10.1. The first-order chi connectivity index (χ1) is 7.40. The lowest BCUT2D eigenvalue weighted by molar-refractivity contribution is -0.152. The normalized spacial score (nSPS) is 17.2. The monoisotopic (exact) mass is 228 g/mol. The zero-order chi connectivity index (χ0) is 12.3. The van der Waals surface area contributed by atoms with Crippen LogP contribution in [0.4, 0.5) is 0 Å². The van der Waals surface area contributed by atoms with Crippen LogP contribution in [-0.2, 0) is 9.59 Å². The molecule has 0 heterocycles. The zero-order valence-corrected chi connectivity index (χ0v) is 10.2. The van der Waals surface area contributed by atoms with Gasteiger partial charge in [-0.25, -0.2) is 0 Å². The molecule has 5 nitrogen and oxygen atoms in total. The third kappa shape index (κ3) is 2.72. The second-order valence-electron chi connectivity index (χ2n) is 4.77. The molecule has 1 saturated carbocycles. The van der Waals surface area contributed by atoms with E-state index >= 15 is 0 Å². The Hall–Kier alpha value is -1.10. The van der Waals surface area contributed by atoms with E-state index in [1.165, 1.54) is 0 Å². The Morgan fingerprint density at radius 3 is 2.12 bits per heavy atom. The summed E-state index contributed by atoms with van der Waals surface area (Å²) in [7, 11) is 5.63. The molecule has 1 N–H and O–H groups in total. The standard InChI is InChI=1S/C11H20N2O3/c1-12(2)7-4-8-13(3)9(14)11(5-6-11)10(15)16/h4-8H2,1-3H3,(H,15,16). The van der Waals surface area contributed by atoms with Crippen molar-refractivity contribution in [3.05, 3.63) is 0 Å². The van der Waals surface area contributed by atoms with Gasteiger partial charge in [0.25, 0.3) is 0 Å². The second-order valence-corrected chi connectivity index (χ2v) is 4.77. The van der Waals surface area contributed by atoms with E-state index in [1.807, 2.05) is 19.0 Å². The van der Waals surface area contributed by atoms with Crippen LogP contribution >= 0.6 is 0 Å². The summed E-state index contributed by atoms with van der Waals surface area (Å²) in [5, 5.41) is 8.98. The van der Waals surface area contributed by atoms with E-state index in [-0.39, 0.29) is 5.91 Å². The van der Waals surface area contributed by atoms with E-state index in [1.54, 1.807) is 11.9 Å². The van der Waals surface area contributed by atoms with Crippen LogP contribution in [0.3, 0.4) is 0 Å². The van der Waals surface area contributed by atoms with Gasteiger partial charge in [0.05, 0.1) is 0 Å². The minimum absolute atomic E-state index is 0.237. The molecule has 16 heavy (non-hydrogen) atoms. The Morgan fingerprint density at radius 2 is 1.75 bits per heavy atom. The third-order valence-electron chi connectivity index (χ3n) is 3.01. The summed E-state index contributed by atoms with van der Waals surface area (Å²) in [5.74, 6) is -1.21. The molecule has 1 aliphatic carbocycles. The van der Waals surface area contributed by atoms with E-state index in [0.717, 1.165) is 13.0 Å². The molecule has 0 aliphatic heterocycles. The summed E-state index contributed by atoms with van der Waals surface area (Å²) in [6.45, 7) is 1.52. The maximum Gasteiger partial charge on any atom is 0.319 e. The van der Waals surface area contributed by atoms with Crippen LogP contribution in [0.2, 0.25) is 0 Å². The zero-order valence-electron chi connectivity index (χ0n) is 10.2. The highest BCUT2D eigenvalue weighted by atomic mass is 16.4. The Labute approximate surface area is 96.0 Å². The second kappa shape index (κ2) is 4.82. The fourth-order valence-corrected chi connectivity index (χ4v) is 1.74. The summed E-state index contributed by atoms with van der Waals surface area (Å²) in [6, 6.07) is 0. The minimum atomic E-state index is -1.09. The molecule has 0 aromatic rings. The molecule has 1 aliphatic rings. The molecular weight excluding hydrogens is 208 g/mol. The summed E-state index contributed by atoms with van der Waals surface area (Å²) in [6.07, 6.45) is 1.84. The number of carbonyl (C=O) groups excluding carboxylic acids is 1. The molecule has 1 fully saturated rings. The van der Waals surface area contributed by atoms with Gasteiger partial charge in [0, 0.05) is 13.6 Å². The third-order valence-corrected chi connectivity index (χ3v) is 3.01. The van der Waals surface area contributed by atoms with Crippen LogP contribution < -0.4 is 0 Å². The quantitative estimate of drug-likeness (QED) is 0.662. The number of carboxylic acids is 1. The number of hydrogen-bond acceptors (Lipinski definition) is 3. The van der Waals surface area contributed by atoms with Gasteiger partial charge < -0.3 is 14.9 Å². The average molecular weight is 228 g/mol. The first kappa shape index (κ1) is 13.0. The summed E-state index contributed by atoms with van der Waals surface area (Å²) in [5.41, 5.74) is -1.09. The predicted molar refractivity (Wildman–Crippen MR) is 60.1 cm³/mol. The van der Waals surface area contributed by atoms with Crippen molar-refractivity contribution in [3.8, 4) is 0 Å². The van der Waals surface area contributed by atoms with Crippen LogP contribution in [0.25, 0.3) is 0 Å². The molecule has 0 bridgehead atoms. The molecule has 0 saturated heterocycles. The van der Waals surface area contributed by atoms with Crippen molar-refractivity contribution in [2.45, 2.75) is 19.3 Å². The summed E-state index contributed by atoms with van der Waals surface area (Å²) in [4.78, 5) is 26.4. The van der Waals surface area contributed by atoms with Crippen molar-refractivity contribution in [2.75, 3.05) is 34.2 Å². The van der Waals surface area contributed by atoms with Crippen LogP contribution in [0.1, 0.15) is 19.3 Å². The van der Waals surface area contributed by atoms with Gasteiger partial charge in [-0.3, -0.25) is 9.59 Å². The number of carbonyl (C=O) groups is 2. The van der Waals surface area contributed by atoms with Crippen LogP contribution in [0.15, 0.2) is 0 Å². The molecule has 1 rings (SSSR count). The van der Waals surface area contributed by atoms with Crippen molar-refractivity contribution in [3.63, 3.8) is 0 Å². The molecule has 0 radical (unpaired) electrons. The highest BCUT2D eigenvalue weighted by molar-refractivity contribution is 6.04. The molecule has 1 amide bonds. The van der Waals surface area contributed by atoms with Gasteiger partial charge in [0.15, 0.2) is 0 Å². The molecule has 0 spiro atoms. The van der Waals surface area contributed by atoms with Gasteiger partial charge in [0.2, 0.25) is 5.91 Å². The molecule has 5 heteroatoms. The van der Waals surface area contributed by atoms with Crippen molar-refractivity contribution in [2.24, 2.45) is 5.41 Å². The summed E-state index contributed by atoms with van der Waals surface area (Å²) >= 11 is 0. The van der Waals surface area contributed by atoms with E-state index < -0.39 is 11.4 Å². The number of amides is 1. The maximum absolute atomic E-state index is 11.9. The molecule has 0 unspecified atom stereocenters. The van der Waals surface area contributed by atoms with Gasteiger partial charge in [-0.2, -0.15) is 0 Å². The number of nitrogens with zero attached hydrogens (tertiary/aromatic N) is 2. The number of hydrogen-bond donors (Lipinski definition) is 1. The first-order valence-corrected chi connectivity index (χ1v) is 5.54. The maximum atomic E-state index is 11.9. The van der Waals surface area contributed by atoms with Gasteiger partial charge in [-0.1, -0.05) is 0 Å². The molecule has 0 aromatic heterocycles. The van der Waals surface area contributed by atoms with E-state index in [0.29, 0.717) is 19.4 Å². The number of aliphatic carboxylic acids is 1. The van der Waals surface area contributed by atoms with Gasteiger partial charge in [-0.05, 0) is 39.9 Å². The van der Waals surface area contributed by atoms with Gasteiger partial charge in [-0.15, -0.1) is 0 Å². The van der Waals surface area contributed by atoms with Crippen molar-refractivity contribution < 1.29 is 14.7 Å². The lowest BCUT2D eigenvalue weighted by Gasteiger charge is -2.21. The average Bonchev–Trinajstić information content (AvgIpc) is 2.96. The molecule has 0 atom stereocenters. The topological polar surface area (TPSA) is 60.9 Å². The first-order valence-electron chi connectivity index (χ1n) is 5.54. The van der Waals surface area contributed by atoms with E-state index in [2.05, 4.69) is 0 Å². The Morgan fingerprint density at radius 1 is 1.19 bits per heavy atom. The van der Waals surface area contributed by atoms with Gasteiger partial charge in [0.1, 0.15) is 5.41 Å². The van der Waals surface area contributed by atoms with Gasteiger partial charge >= 0.3 is 5.97 Å². The number of carboxylic acid groups (broad SMARTS) is 1. The fraction of sp³-hybridized carbons (Fsp3) is 0.818. The smallest absolute Gasteiger partial charge is 0.319 e. The lowest BCUT2D eigenvalue weighted by Crippen LogP contribution is -2.39. The molecular formula is C11H20N2O3. The van der Waals surface area contributed by atoms with Crippen LogP contribution in [0.5, 0.6) is 0 Å². The Kier molecular flexibility index (Phi) is 3.91. The van der Waals surface area contributed by atoms with Crippen molar-refractivity contribution >= 4 is 11.9 Å². The van der Waals surface area contributed by atoms with E-state index in [4.69, 9.17) is 5.11 Å². The minimum Gasteiger partial charge on any atom is -0.480 e. The van der Waals surface area contributed by atoms with E-state index in [9.17, 15) is 9.59 Å². The Balaban J connectivity index is 2.40. The highest BCUT2D eigenvalue weighted by Gasteiger charge is 2.58. The van der Waals surface area contributed by atoms with Crippen molar-refractivity contribution in [1.82, 2.24) is 9.80 Å². The molecule has 0 aromatic carbocycles. The number of rotatable bonds is 6. The van der Waals surface area contributed by atoms with Crippen molar-refractivity contribution in [1.29, 1.82) is 0 Å². The van der Waals surface area contributed by atoms with Crippen LogP contribution in [-0.4, -0.2) is 61.0 Å². The Bertz CT molecular complexity index is 285. The van der Waals surface area contributed by atoms with Crippen LogP contribution in [0, 0.1) is 5.41 Å².